The van der Waals surface area contributed by atoms with E-state index in [4.69, 9.17) is 0 Å². The Morgan fingerprint density at radius 2 is 1.76 bits per heavy atom. The normalized spacial score (nSPS) is 10.2. The highest BCUT2D eigenvalue weighted by atomic mass is 16.2. The number of carbonyl (C=O) groups excluding carboxylic acids is 2. The van der Waals surface area contributed by atoms with Gasteiger partial charge in [0, 0.05) is 38.4 Å². The van der Waals surface area contributed by atoms with E-state index in [-0.39, 0.29) is 18.4 Å². The van der Waals surface area contributed by atoms with Gasteiger partial charge in [-0.1, -0.05) is 30.3 Å². The second kappa shape index (κ2) is 8.87. The molecule has 0 atom stereocenters. The second-order valence-electron chi connectivity index (χ2n) is 5.97. The van der Waals surface area contributed by atoms with Gasteiger partial charge in [0.05, 0.1) is 6.54 Å². The Morgan fingerprint density at radius 3 is 2.40 bits per heavy atom. The molecule has 0 aliphatic heterocycles. The molecule has 0 spiro atoms. The molecule has 0 bridgehead atoms. The zero-order chi connectivity index (χ0) is 18.2. The van der Waals surface area contributed by atoms with Crippen molar-refractivity contribution < 1.29 is 9.59 Å². The van der Waals surface area contributed by atoms with Gasteiger partial charge < -0.3 is 15.1 Å². The highest BCUT2D eigenvalue weighted by molar-refractivity contribution is 5.94. The number of rotatable bonds is 7. The molecular formula is C20H25N3O2. The SMILES string of the molecule is CCN(CC(=O)Nc1cccc(CN(C)C(C)=O)c1)c1ccccc1. The van der Waals surface area contributed by atoms with Crippen molar-refractivity contribution in [1.82, 2.24) is 4.90 Å². The van der Waals surface area contributed by atoms with Gasteiger partial charge in [-0.25, -0.2) is 0 Å². The van der Waals surface area contributed by atoms with Crippen LogP contribution in [0.4, 0.5) is 11.4 Å². The third kappa shape index (κ3) is 5.64. The maximum Gasteiger partial charge on any atom is 0.243 e. The summed E-state index contributed by atoms with van der Waals surface area (Å²) in [6.45, 7) is 5.12. The highest BCUT2D eigenvalue weighted by Crippen LogP contribution is 2.15. The number of hydrogen-bond acceptors (Lipinski definition) is 3. The van der Waals surface area contributed by atoms with Crippen molar-refractivity contribution in [1.29, 1.82) is 0 Å². The van der Waals surface area contributed by atoms with Gasteiger partial charge in [0.2, 0.25) is 11.8 Å². The molecule has 0 aromatic heterocycles. The second-order valence-corrected chi connectivity index (χ2v) is 5.97. The van der Waals surface area contributed by atoms with Gasteiger partial charge in [-0.3, -0.25) is 9.59 Å². The van der Waals surface area contributed by atoms with E-state index in [2.05, 4.69) is 5.32 Å². The molecule has 2 aromatic rings. The molecule has 132 valence electrons. The lowest BCUT2D eigenvalue weighted by atomic mass is 10.2. The third-order valence-corrected chi connectivity index (χ3v) is 4.01. The molecule has 0 saturated heterocycles. The molecule has 25 heavy (non-hydrogen) atoms. The number of nitrogens with one attached hydrogen (secondary N) is 1. The molecule has 0 radical (unpaired) electrons. The summed E-state index contributed by atoms with van der Waals surface area (Å²) in [6.07, 6.45) is 0. The first-order valence-corrected chi connectivity index (χ1v) is 8.40. The minimum Gasteiger partial charge on any atom is -0.362 e. The largest absolute Gasteiger partial charge is 0.362 e. The highest BCUT2D eigenvalue weighted by Gasteiger charge is 2.10. The van der Waals surface area contributed by atoms with Crippen LogP contribution >= 0.6 is 0 Å². The van der Waals surface area contributed by atoms with E-state index in [9.17, 15) is 9.59 Å². The maximum absolute atomic E-state index is 12.4. The molecular weight excluding hydrogens is 314 g/mol. The van der Waals surface area contributed by atoms with E-state index >= 15 is 0 Å². The van der Waals surface area contributed by atoms with Crippen LogP contribution in [-0.4, -0.2) is 36.9 Å². The van der Waals surface area contributed by atoms with Crippen molar-refractivity contribution in [3.05, 3.63) is 60.2 Å². The molecule has 0 aliphatic rings. The number of hydrogen-bond donors (Lipinski definition) is 1. The Kier molecular flexibility index (Phi) is 6.57. The van der Waals surface area contributed by atoms with Gasteiger partial charge in [-0.05, 0) is 36.8 Å². The quantitative estimate of drug-likeness (QED) is 0.843. The first-order chi connectivity index (χ1) is 12.0. The minimum atomic E-state index is -0.0669. The minimum absolute atomic E-state index is 0.0101. The molecule has 2 amide bonds. The van der Waals surface area contributed by atoms with Crippen LogP contribution in [0.3, 0.4) is 0 Å². The lowest BCUT2D eigenvalue weighted by Gasteiger charge is -2.22. The topological polar surface area (TPSA) is 52.7 Å². The Balaban J connectivity index is 1.99. The molecule has 0 fully saturated rings. The zero-order valence-corrected chi connectivity index (χ0v) is 15.0. The standard InChI is InChI=1S/C20H25N3O2/c1-4-23(19-11-6-5-7-12-19)15-20(25)21-18-10-8-9-17(13-18)14-22(3)16(2)24/h5-13H,4,14-15H2,1-3H3,(H,21,25). The lowest BCUT2D eigenvalue weighted by Crippen LogP contribution is -2.33. The number of carbonyl (C=O) groups is 2. The predicted octanol–water partition coefficient (Wildman–Crippen LogP) is 3.13. The van der Waals surface area contributed by atoms with Crippen molar-refractivity contribution in [3.63, 3.8) is 0 Å². The van der Waals surface area contributed by atoms with Crippen LogP contribution in [0.25, 0.3) is 0 Å². The van der Waals surface area contributed by atoms with E-state index in [0.29, 0.717) is 6.54 Å². The molecule has 0 heterocycles. The van der Waals surface area contributed by atoms with E-state index in [1.165, 1.54) is 6.92 Å². The van der Waals surface area contributed by atoms with Gasteiger partial charge >= 0.3 is 0 Å². The number of nitrogens with zero attached hydrogens (tertiary/aromatic N) is 2. The predicted molar refractivity (Wildman–Crippen MR) is 102 cm³/mol. The molecule has 1 N–H and O–H groups in total. The first-order valence-electron chi connectivity index (χ1n) is 8.40. The van der Waals surface area contributed by atoms with E-state index in [0.717, 1.165) is 23.5 Å². The summed E-state index contributed by atoms with van der Waals surface area (Å²) in [5.74, 6) is -0.0568. The van der Waals surface area contributed by atoms with Crippen molar-refractivity contribution in [2.45, 2.75) is 20.4 Å². The first kappa shape index (κ1) is 18.5. The average molecular weight is 339 g/mol. The Hall–Kier alpha value is -2.82. The van der Waals surface area contributed by atoms with Gasteiger partial charge in [-0.2, -0.15) is 0 Å². The van der Waals surface area contributed by atoms with E-state index < -0.39 is 0 Å². The third-order valence-electron chi connectivity index (χ3n) is 4.01. The van der Waals surface area contributed by atoms with Gasteiger partial charge in [0.15, 0.2) is 0 Å². The van der Waals surface area contributed by atoms with Crippen LogP contribution < -0.4 is 10.2 Å². The van der Waals surface area contributed by atoms with Crippen molar-refractivity contribution >= 4 is 23.2 Å². The fourth-order valence-electron chi connectivity index (χ4n) is 2.53. The molecule has 0 unspecified atom stereocenters. The summed E-state index contributed by atoms with van der Waals surface area (Å²) < 4.78 is 0. The summed E-state index contributed by atoms with van der Waals surface area (Å²) in [7, 11) is 1.76. The smallest absolute Gasteiger partial charge is 0.243 e. The molecule has 0 saturated carbocycles. The number of anilines is 2. The van der Waals surface area contributed by atoms with Crippen molar-refractivity contribution in [2.24, 2.45) is 0 Å². The number of likely N-dealkylation sites (N-methyl/N-ethyl adjacent to an activating group) is 1. The fraction of sp³-hybridized carbons (Fsp3) is 0.300. The van der Waals surface area contributed by atoms with E-state index in [1.54, 1.807) is 11.9 Å². The van der Waals surface area contributed by atoms with Crippen molar-refractivity contribution in [3.8, 4) is 0 Å². The van der Waals surface area contributed by atoms with Gasteiger partial charge in [-0.15, -0.1) is 0 Å². The van der Waals surface area contributed by atoms with Crippen LogP contribution in [0.2, 0.25) is 0 Å². The zero-order valence-electron chi connectivity index (χ0n) is 15.0. The molecule has 5 nitrogen and oxygen atoms in total. The van der Waals surface area contributed by atoms with Crippen LogP contribution in [0.1, 0.15) is 19.4 Å². The maximum atomic E-state index is 12.4. The van der Waals surface area contributed by atoms with Crippen molar-refractivity contribution in [2.75, 3.05) is 30.4 Å². The average Bonchev–Trinajstić information content (AvgIpc) is 2.60. The van der Waals surface area contributed by atoms with Crippen LogP contribution in [-0.2, 0) is 16.1 Å². The Morgan fingerprint density at radius 1 is 1.04 bits per heavy atom. The molecule has 5 heteroatoms. The Labute approximate surface area is 149 Å². The van der Waals surface area contributed by atoms with Gasteiger partial charge in [0.1, 0.15) is 0 Å². The number of benzene rings is 2. The summed E-state index contributed by atoms with van der Waals surface area (Å²) >= 11 is 0. The summed E-state index contributed by atoms with van der Waals surface area (Å²) in [6, 6.07) is 17.5. The molecule has 2 rings (SSSR count). The number of para-hydroxylation sites is 1. The van der Waals surface area contributed by atoms with Crippen LogP contribution in [0.15, 0.2) is 54.6 Å². The lowest BCUT2D eigenvalue weighted by molar-refractivity contribution is -0.128. The summed E-state index contributed by atoms with van der Waals surface area (Å²) in [5.41, 5.74) is 2.74. The number of amides is 2. The summed E-state index contributed by atoms with van der Waals surface area (Å²) in [5, 5.41) is 2.94. The molecule has 2 aromatic carbocycles. The molecule has 0 aliphatic carbocycles. The fourth-order valence-corrected chi connectivity index (χ4v) is 2.53. The Bertz CT molecular complexity index is 716. The van der Waals surface area contributed by atoms with Gasteiger partial charge in [0.25, 0.3) is 0 Å². The monoisotopic (exact) mass is 339 g/mol. The van der Waals surface area contributed by atoms with Crippen LogP contribution in [0, 0.1) is 0 Å². The van der Waals surface area contributed by atoms with Crippen LogP contribution in [0.5, 0.6) is 0 Å². The van der Waals surface area contributed by atoms with E-state index in [1.807, 2.05) is 66.4 Å². The summed E-state index contributed by atoms with van der Waals surface area (Å²) in [4.78, 5) is 27.4.